The van der Waals surface area contributed by atoms with E-state index >= 15 is 0 Å². The zero-order chi connectivity index (χ0) is 44.6. The van der Waals surface area contributed by atoms with Crippen molar-refractivity contribution < 1.29 is 74.2 Å². The monoisotopic (exact) mass is 927 g/mol. The van der Waals surface area contributed by atoms with Crippen LogP contribution in [-0.4, -0.2) is 58.6 Å². The van der Waals surface area contributed by atoms with Crippen LogP contribution in [-0.2, 0) is 37.6 Å². The minimum atomic E-state index is -4.94. The fourth-order valence-corrected chi connectivity index (χ4v) is 5.28. The molecule has 0 atom stereocenters. The van der Waals surface area contributed by atoms with Gasteiger partial charge >= 0.3 is 16.5 Å². The number of nitrogens with zero attached hydrogens (tertiary/aromatic N) is 13. The molecule has 9 aromatic rings. The normalized spacial score (nSPS) is 10.4. The molecule has 6 aromatic heterocycles. The molecule has 0 aliphatic rings. The zero-order valence-electron chi connectivity index (χ0n) is 32.8. The van der Waals surface area contributed by atoms with E-state index in [9.17, 15) is 0 Å². The number of fused-ring (bicyclic) bond motifs is 3. The average Bonchev–Trinajstić information content (AvgIpc) is 3.88. The van der Waals surface area contributed by atoms with Gasteiger partial charge in [0.05, 0.1) is 39.2 Å². The van der Waals surface area contributed by atoms with Gasteiger partial charge in [-0.15, -0.1) is 20.5 Å². The molecule has 0 aliphatic carbocycles. The fourth-order valence-electron chi connectivity index (χ4n) is 5.28. The third-order valence-electron chi connectivity index (χ3n) is 7.66. The molecular formula is C38H33Cl2N13NiO8. The van der Waals surface area contributed by atoms with Crippen molar-refractivity contribution >= 4 is 33.1 Å². The number of para-hydroxylation sites is 6. The molecule has 9 rings (SSSR count). The van der Waals surface area contributed by atoms with E-state index in [0.29, 0.717) is 17.5 Å². The number of aromatic nitrogens is 12. The first kappa shape index (κ1) is 49.9. The van der Waals surface area contributed by atoms with Crippen molar-refractivity contribution in [2.45, 2.75) is 6.92 Å². The molecule has 322 valence electrons. The Labute approximate surface area is 367 Å². The SMILES string of the molecule is CC#N.Cn1c(-c2ncccn2)nc2ccccc21.Cn1c(-c2ncccn2)nc2ccccc21.Cn1c(-c2ncccn2)nc2ccccc21.[Ni+2].[O-][Cl+3]([O-])([O-])[O-].[O-][Cl+3]([O-])([O-])[O-]. The summed E-state index contributed by atoms with van der Waals surface area (Å²) < 4.78 is 74.0. The van der Waals surface area contributed by atoms with E-state index in [1.807, 2.05) is 108 Å². The van der Waals surface area contributed by atoms with E-state index in [-0.39, 0.29) is 16.5 Å². The van der Waals surface area contributed by atoms with Crippen LogP contribution in [0.5, 0.6) is 0 Å². The summed E-state index contributed by atoms with van der Waals surface area (Å²) in [5.41, 5.74) is 6.16. The first-order valence-electron chi connectivity index (χ1n) is 17.1. The quantitative estimate of drug-likeness (QED) is 0.160. The van der Waals surface area contributed by atoms with Gasteiger partial charge in [-0.25, -0.2) is 82.1 Å². The largest absolute Gasteiger partial charge is 2.00 e. The maximum Gasteiger partial charge on any atom is 2.00 e. The van der Waals surface area contributed by atoms with Crippen LogP contribution in [0.2, 0.25) is 0 Å². The van der Waals surface area contributed by atoms with Gasteiger partial charge in [-0.2, -0.15) is 5.26 Å². The Morgan fingerprint density at radius 1 is 0.419 bits per heavy atom. The number of nitriles is 1. The van der Waals surface area contributed by atoms with Crippen LogP contribution < -0.4 is 37.3 Å². The van der Waals surface area contributed by atoms with Crippen molar-refractivity contribution in [3.8, 4) is 41.0 Å². The Morgan fingerprint density at radius 2 is 0.613 bits per heavy atom. The summed E-state index contributed by atoms with van der Waals surface area (Å²) in [5.74, 6) is 4.34. The molecule has 0 unspecified atom stereocenters. The molecule has 0 aliphatic heterocycles. The minimum absolute atomic E-state index is 0. The number of rotatable bonds is 3. The van der Waals surface area contributed by atoms with E-state index in [1.54, 1.807) is 61.4 Å². The van der Waals surface area contributed by atoms with Crippen LogP contribution in [0.4, 0.5) is 0 Å². The van der Waals surface area contributed by atoms with Gasteiger partial charge in [0, 0.05) is 65.2 Å². The van der Waals surface area contributed by atoms with Crippen LogP contribution in [0.1, 0.15) is 6.92 Å². The first-order chi connectivity index (χ1) is 29.0. The topological polar surface area (TPSA) is 339 Å². The molecule has 0 saturated carbocycles. The van der Waals surface area contributed by atoms with Crippen LogP contribution in [0.3, 0.4) is 0 Å². The summed E-state index contributed by atoms with van der Waals surface area (Å²) in [6.45, 7) is 1.43. The molecule has 6 heterocycles. The van der Waals surface area contributed by atoms with Crippen molar-refractivity contribution in [2.24, 2.45) is 21.1 Å². The second-order valence-electron chi connectivity index (χ2n) is 11.6. The number of hydrogen-bond donors (Lipinski definition) is 0. The van der Waals surface area contributed by atoms with Gasteiger partial charge in [-0.1, -0.05) is 36.4 Å². The van der Waals surface area contributed by atoms with Crippen LogP contribution in [0.25, 0.3) is 68.0 Å². The van der Waals surface area contributed by atoms with E-state index < -0.39 is 20.5 Å². The molecule has 21 nitrogen and oxygen atoms in total. The van der Waals surface area contributed by atoms with E-state index in [0.717, 1.165) is 50.6 Å². The Hall–Kier alpha value is -6.45. The molecule has 0 fully saturated rings. The van der Waals surface area contributed by atoms with Gasteiger partial charge in [-0.3, -0.25) is 0 Å². The molecule has 3 aromatic carbocycles. The third-order valence-corrected chi connectivity index (χ3v) is 7.66. The third kappa shape index (κ3) is 15.2. The van der Waals surface area contributed by atoms with Crippen LogP contribution >= 0.6 is 0 Å². The molecule has 0 spiro atoms. The maximum atomic E-state index is 8.49. The van der Waals surface area contributed by atoms with Gasteiger partial charge in [-0.05, 0) is 54.6 Å². The van der Waals surface area contributed by atoms with Gasteiger partial charge in [0.25, 0.3) is 0 Å². The van der Waals surface area contributed by atoms with Crippen molar-refractivity contribution in [1.29, 1.82) is 5.26 Å². The molecule has 0 amide bonds. The molecule has 0 N–H and O–H groups in total. The van der Waals surface area contributed by atoms with Crippen molar-refractivity contribution in [2.75, 3.05) is 0 Å². The predicted molar refractivity (Wildman–Crippen MR) is 197 cm³/mol. The van der Waals surface area contributed by atoms with Crippen LogP contribution in [0, 0.1) is 31.8 Å². The summed E-state index contributed by atoms with van der Waals surface area (Å²) in [7, 11) is -3.97. The standard InChI is InChI=1S/3C12H10N4.C2H3N.2ClHO4.Ni/c3*1-16-10-6-3-2-5-9(10)15-12(16)11-13-7-4-8-14-11;1-2-3;2*2-1(3,4)5;/h3*2-8H,1H3;1H3;2*(H,2,3,4,5);/q;;;;;;+2/p-2. The Balaban J connectivity index is 0.000000216. The summed E-state index contributed by atoms with van der Waals surface area (Å²) in [6, 6.07) is 31.1. The minimum Gasteiger partial charge on any atom is -0.324 e. The first-order valence-corrected chi connectivity index (χ1v) is 19.6. The molecule has 0 bridgehead atoms. The van der Waals surface area contributed by atoms with Gasteiger partial charge in [0.15, 0.2) is 34.9 Å². The van der Waals surface area contributed by atoms with E-state index in [1.165, 1.54) is 6.92 Å². The number of benzene rings is 3. The van der Waals surface area contributed by atoms with Crippen molar-refractivity contribution in [3.05, 3.63) is 128 Å². The molecule has 24 heteroatoms. The Kier molecular flexibility index (Phi) is 18.9. The van der Waals surface area contributed by atoms with Crippen molar-refractivity contribution in [3.63, 3.8) is 0 Å². The number of aryl methyl sites for hydroxylation is 3. The molecule has 0 radical (unpaired) electrons. The number of imidazole rings is 3. The van der Waals surface area contributed by atoms with Gasteiger partial charge in [0.2, 0.25) is 0 Å². The summed E-state index contributed by atoms with van der Waals surface area (Å²) >= 11 is 0. The van der Waals surface area contributed by atoms with Crippen molar-refractivity contribution in [1.82, 2.24) is 58.6 Å². The molecule has 0 saturated heterocycles. The van der Waals surface area contributed by atoms with Gasteiger partial charge < -0.3 is 13.7 Å². The Bertz CT molecular complexity index is 2480. The second-order valence-corrected chi connectivity index (χ2v) is 13.2. The van der Waals surface area contributed by atoms with Gasteiger partial charge in [0.1, 0.15) is 0 Å². The maximum absolute atomic E-state index is 8.49. The number of halogens is 2. The molecular weight excluding hydrogens is 896 g/mol. The summed E-state index contributed by atoms with van der Waals surface area (Å²) in [4.78, 5) is 38.8. The average molecular weight is 929 g/mol. The summed E-state index contributed by atoms with van der Waals surface area (Å²) in [6.07, 6.45) is 10.3. The smallest absolute Gasteiger partial charge is 0.324 e. The van der Waals surface area contributed by atoms with E-state index in [4.69, 9.17) is 42.5 Å². The molecule has 62 heavy (non-hydrogen) atoms. The van der Waals surface area contributed by atoms with E-state index in [2.05, 4.69) is 44.9 Å². The fraction of sp³-hybridized carbons (Fsp3) is 0.105. The number of hydrogen-bond acceptors (Lipinski definition) is 18. The predicted octanol–water partition coefficient (Wildman–Crippen LogP) is -2.89. The second kappa shape index (κ2) is 23.5. The zero-order valence-corrected chi connectivity index (χ0v) is 35.3. The summed E-state index contributed by atoms with van der Waals surface area (Å²) in [5, 5.41) is 7.32. The Morgan fingerprint density at radius 3 is 0.806 bits per heavy atom. The van der Waals surface area contributed by atoms with Crippen LogP contribution in [0.15, 0.2) is 128 Å².